The Labute approximate surface area is 98.3 Å². The van der Waals surface area contributed by atoms with Gasteiger partial charge in [0.2, 0.25) is 9.84 Å². The van der Waals surface area contributed by atoms with Crippen LogP contribution in [0.5, 0.6) is 5.75 Å². The number of methoxy groups -OCH3 is 1. The molecular weight excluding hydrogens is 242 g/mol. The second-order valence-electron chi connectivity index (χ2n) is 3.30. The fourth-order valence-electron chi connectivity index (χ4n) is 1.46. The molecule has 0 saturated heterocycles. The lowest BCUT2D eigenvalue weighted by atomic mass is 10.3. The normalized spacial score (nSPS) is 11.4. The molecule has 0 aliphatic rings. The molecule has 3 N–H and O–H groups in total. The number of benzene rings is 1. The molecule has 0 bridgehead atoms. The van der Waals surface area contributed by atoms with Gasteiger partial charge in [0, 0.05) is 0 Å². The molecule has 0 fully saturated rings. The van der Waals surface area contributed by atoms with Crippen molar-refractivity contribution in [2.24, 2.45) is 0 Å². The summed E-state index contributed by atoms with van der Waals surface area (Å²) in [5.41, 5.74) is 5.52. The lowest BCUT2D eigenvalue weighted by Gasteiger charge is -2.08. The average Bonchev–Trinajstić information content (AvgIpc) is 2.76. The van der Waals surface area contributed by atoms with Crippen molar-refractivity contribution in [2.75, 3.05) is 12.8 Å². The third kappa shape index (κ3) is 1.84. The number of aromatic amines is 1. The van der Waals surface area contributed by atoms with Gasteiger partial charge in [-0.15, -0.1) is 0 Å². The number of sulfone groups is 1. The predicted octanol–water partition coefficient (Wildman–Crippen LogP) is 0.833. The van der Waals surface area contributed by atoms with Gasteiger partial charge in [0.05, 0.1) is 13.3 Å². The van der Waals surface area contributed by atoms with Gasteiger partial charge in [-0.3, -0.25) is 5.10 Å². The van der Waals surface area contributed by atoms with E-state index in [2.05, 4.69) is 10.2 Å². The van der Waals surface area contributed by atoms with E-state index < -0.39 is 9.84 Å². The summed E-state index contributed by atoms with van der Waals surface area (Å²) >= 11 is 0. The fraction of sp³-hybridized carbons (Fsp3) is 0.100. The highest BCUT2D eigenvalue weighted by atomic mass is 32.2. The number of hydrogen-bond donors (Lipinski definition) is 2. The molecule has 0 saturated carbocycles. The Kier molecular flexibility index (Phi) is 2.76. The first-order valence-electron chi connectivity index (χ1n) is 4.74. The van der Waals surface area contributed by atoms with E-state index in [4.69, 9.17) is 10.5 Å². The van der Waals surface area contributed by atoms with Crippen molar-refractivity contribution in [3.63, 3.8) is 0 Å². The Morgan fingerprint density at radius 1 is 1.29 bits per heavy atom. The lowest BCUT2D eigenvalue weighted by molar-refractivity contribution is 0.403. The number of anilines is 1. The summed E-state index contributed by atoms with van der Waals surface area (Å²) < 4.78 is 29.6. The van der Waals surface area contributed by atoms with Crippen molar-refractivity contribution < 1.29 is 13.2 Å². The van der Waals surface area contributed by atoms with Gasteiger partial charge < -0.3 is 10.5 Å². The van der Waals surface area contributed by atoms with Crippen LogP contribution in [-0.4, -0.2) is 25.7 Å². The van der Waals surface area contributed by atoms with E-state index in [0.29, 0.717) is 0 Å². The average molecular weight is 253 g/mol. The summed E-state index contributed by atoms with van der Waals surface area (Å²) in [6, 6.07) is 6.34. The second kappa shape index (κ2) is 4.10. The Hall–Kier alpha value is -2.02. The Morgan fingerprint density at radius 3 is 2.59 bits per heavy atom. The van der Waals surface area contributed by atoms with Gasteiger partial charge in [0.25, 0.3) is 0 Å². The highest BCUT2D eigenvalue weighted by molar-refractivity contribution is 7.91. The molecule has 7 heteroatoms. The molecule has 0 radical (unpaired) electrons. The summed E-state index contributed by atoms with van der Waals surface area (Å²) in [6.07, 6.45) is 1.18. The van der Waals surface area contributed by atoms with Crippen LogP contribution in [0.3, 0.4) is 0 Å². The van der Waals surface area contributed by atoms with Crippen LogP contribution in [0.4, 0.5) is 5.82 Å². The number of nitrogens with two attached hydrogens (primary N) is 1. The van der Waals surface area contributed by atoms with Crippen molar-refractivity contribution in [1.29, 1.82) is 0 Å². The van der Waals surface area contributed by atoms with E-state index in [1.807, 2.05) is 0 Å². The molecule has 0 atom stereocenters. The minimum atomic E-state index is -3.71. The first kappa shape index (κ1) is 11.5. The largest absolute Gasteiger partial charge is 0.495 e. The zero-order chi connectivity index (χ0) is 12.5. The fourth-order valence-corrected chi connectivity index (χ4v) is 2.90. The topological polar surface area (TPSA) is 98.1 Å². The number of hydrogen-bond acceptors (Lipinski definition) is 5. The molecular formula is C10H11N3O3S. The summed E-state index contributed by atoms with van der Waals surface area (Å²) in [6.45, 7) is 0. The molecule has 0 aliphatic carbocycles. The highest BCUT2D eigenvalue weighted by Gasteiger charge is 2.25. The molecule has 1 aromatic carbocycles. The van der Waals surface area contributed by atoms with Crippen molar-refractivity contribution >= 4 is 15.7 Å². The molecule has 0 unspecified atom stereocenters. The van der Waals surface area contributed by atoms with Crippen LogP contribution in [0, 0.1) is 0 Å². The predicted molar refractivity (Wildman–Crippen MR) is 61.4 cm³/mol. The van der Waals surface area contributed by atoms with E-state index in [0.717, 1.165) is 0 Å². The van der Waals surface area contributed by atoms with Gasteiger partial charge in [0.1, 0.15) is 21.4 Å². The molecule has 17 heavy (non-hydrogen) atoms. The van der Waals surface area contributed by atoms with Gasteiger partial charge in [-0.25, -0.2) is 8.42 Å². The van der Waals surface area contributed by atoms with Gasteiger partial charge in [0.15, 0.2) is 0 Å². The summed E-state index contributed by atoms with van der Waals surface area (Å²) in [5, 5.41) is 5.99. The van der Waals surface area contributed by atoms with Gasteiger partial charge in [-0.2, -0.15) is 5.10 Å². The Morgan fingerprint density at radius 2 is 2.00 bits per heavy atom. The van der Waals surface area contributed by atoms with Crippen LogP contribution in [-0.2, 0) is 9.84 Å². The van der Waals surface area contributed by atoms with E-state index in [1.165, 1.54) is 19.4 Å². The van der Waals surface area contributed by atoms with Crippen molar-refractivity contribution in [1.82, 2.24) is 10.2 Å². The van der Waals surface area contributed by atoms with Crippen LogP contribution in [0.25, 0.3) is 0 Å². The van der Waals surface area contributed by atoms with Crippen LogP contribution in [0.1, 0.15) is 0 Å². The summed E-state index contributed by atoms with van der Waals surface area (Å²) in [5.74, 6) is 0.281. The number of H-pyrrole nitrogens is 1. The van der Waals surface area contributed by atoms with Gasteiger partial charge >= 0.3 is 0 Å². The number of nitrogen functional groups attached to an aromatic ring is 1. The lowest BCUT2D eigenvalue weighted by Crippen LogP contribution is -2.05. The number of para-hydroxylation sites is 1. The molecule has 0 amide bonds. The van der Waals surface area contributed by atoms with Crippen LogP contribution in [0.2, 0.25) is 0 Å². The molecule has 90 valence electrons. The molecule has 0 spiro atoms. The molecule has 6 nitrogen and oxygen atoms in total. The zero-order valence-corrected chi connectivity index (χ0v) is 9.86. The first-order chi connectivity index (χ1) is 8.07. The van der Waals surface area contributed by atoms with E-state index in [1.54, 1.807) is 18.2 Å². The SMILES string of the molecule is COc1ccccc1S(=O)(=O)c1cn[nH]c1N. The van der Waals surface area contributed by atoms with Crippen LogP contribution < -0.4 is 10.5 Å². The third-order valence-electron chi connectivity index (χ3n) is 2.28. The van der Waals surface area contributed by atoms with Crippen molar-refractivity contribution in [2.45, 2.75) is 9.79 Å². The second-order valence-corrected chi connectivity index (χ2v) is 5.19. The number of aromatic nitrogens is 2. The molecule has 2 rings (SSSR count). The smallest absolute Gasteiger partial charge is 0.215 e. The third-order valence-corrected chi connectivity index (χ3v) is 4.10. The molecule has 0 aliphatic heterocycles. The maximum Gasteiger partial charge on any atom is 0.215 e. The molecule has 1 heterocycles. The molecule has 2 aromatic rings. The van der Waals surface area contributed by atoms with E-state index in [-0.39, 0.29) is 21.4 Å². The Bertz CT molecular complexity index is 634. The van der Waals surface area contributed by atoms with Crippen molar-refractivity contribution in [3.05, 3.63) is 30.5 Å². The van der Waals surface area contributed by atoms with E-state index in [9.17, 15) is 8.42 Å². The monoisotopic (exact) mass is 253 g/mol. The van der Waals surface area contributed by atoms with Crippen LogP contribution >= 0.6 is 0 Å². The van der Waals surface area contributed by atoms with E-state index >= 15 is 0 Å². The number of nitrogens with zero attached hydrogens (tertiary/aromatic N) is 1. The van der Waals surface area contributed by atoms with Gasteiger partial charge in [-0.05, 0) is 12.1 Å². The van der Waals surface area contributed by atoms with Crippen LogP contribution in [0.15, 0.2) is 40.3 Å². The Balaban J connectivity index is 2.64. The number of rotatable bonds is 3. The number of nitrogens with one attached hydrogen (secondary N) is 1. The maximum atomic E-state index is 12.3. The van der Waals surface area contributed by atoms with Gasteiger partial charge in [-0.1, -0.05) is 12.1 Å². The quantitative estimate of drug-likeness (QED) is 0.844. The summed E-state index contributed by atoms with van der Waals surface area (Å²) in [4.78, 5) is 0.0117. The molecule has 1 aromatic heterocycles. The minimum absolute atomic E-state index is 0.0101. The first-order valence-corrected chi connectivity index (χ1v) is 6.22. The maximum absolute atomic E-state index is 12.3. The van der Waals surface area contributed by atoms with Crippen molar-refractivity contribution in [3.8, 4) is 5.75 Å². The highest BCUT2D eigenvalue weighted by Crippen LogP contribution is 2.30. The zero-order valence-electron chi connectivity index (χ0n) is 9.04. The summed E-state index contributed by atoms with van der Waals surface area (Å²) in [7, 11) is -2.30. The number of ether oxygens (including phenoxy) is 1. The standard InChI is InChI=1S/C10H11N3O3S/c1-16-7-4-2-3-5-8(7)17(14,15)9-6-12-13-10(9)11/h2-6H,1H3,(H3,11,12,13). The minimum Gasteiger partial charge on any atom is -0.495 e.